The zero-order valence-electron chi connectivity index (χ0n) is 11.8. The van der Waals surface area contributed by atoms with Gasteiger partial charge in [0, 0.05) is 17.0 Å². The minimum atomic E-state index is 0.0543. The third-order valence-corrected chi connectivity index (χ3v) is 3.53. The summed E-state index contributed by atoms with van der Waals surface area (Å²) in [5.74, 6) is 1.07. The Morgan fingerprint density at radius 2 is 2.00 bits per heavy atom. The molecule has 0 saturated carbocycles. The summed E-state index contributed by atoms with van der Waals surface area (Å²) >= 11 is 6.10. The Balaban J connectivity index is 1.98. The number of fused-ring (bicyclic) bond motifs is 1. The Hall–Kier alpha value is -2.64. The normalized spacial score (nSPS) is 17.4. The molecule has 2 aromatic rings. The molecule has 1 aliphatic rings. The lowest BCUT2D eigenvalue weighted by molar-refractivity contribution is 0.420. The molecule has 2 heterocycles. The van der Waals surface area contributed by atoms with Gasteiger partial charge >= 0.3 is 0 Å². The molecule has 1 aromatic heterocycles. The molecular formula is C17H12ClN3O. The second-order valence-electron chi connectivity index (χ2n) is 4.92. The minimum Gasteiger partial charge on any atom is -0.437 e. The van der Waals surface area contributed by atoms with E-state index in [0.29, 0.717) is 22.4 Å². The molecule has 0 amide bonds. The van der Waals surface area contributed by atoms with Crippen LogP contribution in [-0.2, 0) is 0 Å². The molecule has 1 atom stereocenters. The van der Waals surface area contributed by atoms with Crippen LogP contribution in [0.4, 0.5) is 0 Å². The molecule has 108 valence electrons. The van der Waals surface area contributed by atoms with Gasteiger partial charge in [0.15, 0.2) is 5.75 Å². The van der Waals surface area contributed by atoms with Crippen molar-refractivity contribution in [2.24, 2.45) is 10.9 Å². The zero-order valence-corrected chi connectivity index (χ0v) is 12.6. The Labute approximate surface area is 133 Å². The standard InChI is InChI=1S/C17H12ClN3O/c1-11-6-12(8-19)9-20-16(7-11)22-15-10-21-17(18)14-5-3-2-4-13(14)15/h2-7,9-11H,1H3. The number of nitriles is 1. The van der Waals surface area contributed by atoms with Gasteiger partial charge in [-0.25, -0.2) is 9.98 Å². The molecule has 0 aliphatic carbocycles. The Morgan fingerprint density at radius 1 is 1.23 bits per heavy atom. The van der Waals surface area contributed by atoms with Crippen molar-refractivity contribution in [3.05, 3.63) is 59.2 Å². The Bertz CT molecular complexity index is 862. The van der Waals surface area contributed by atoms with Crippen molar-refractivity contribution < 1.29 is 4.74 Å². The molecule has 0 fully saturated rings. The first-order chi connectivity index (χ1) is 10.7. The van der Waals surface area contributed by atoms with Crippen LogP contribution in [-0.4, -0.2) is 11.2 Å². The molecule has 0 saturated heterocycles. The van der Waals surface area contributed by atoms with Crippen molar-refractivity contribution in [3.8, 4) is 11.8 Å². The molecule has 22 heavy (non-hydrogen) atoms. The predicted octanol–water partition coefficient (Wildman–Crippen LogP) is 4.28. The molecule has 0 bridgehead atoms. The maximum absolute atomic E-state index is 8.98. The maximum Gasteiger partial charge on any atom is 0.215 e. The molecule has 5 heteroatoms. The topological polar surface area (TPSA) is 58.3 Å². The molecule has 0 N–H and O–H groups in total. The maximum atomic E-state index is 8.98. The Morgan fingerprint density at radius 3 is 2.77 bits per heavy atom. The summed E-state index contributed by atoms with van der Waals surface area (Å²) < 4.78 is 5.87. The van der Waals surface area contributed by atoms with Crippen LogP contribution >= 0.6 is 11.6 Å². The molecular weight excluding hydrogens is 298 g/mol. The quantitative estimate of drug-likeness (QED) is 0.778. The molecule has 0 spiro atoms. The van der Waals surface area contributed by atoms with Crippen molar-refractivity contribution >= 4 is 28.6 Å². The number of hydrogen-bond donors (Lipinski definition) is 0. The molecule has 3 rings (SSSR count). The van der Waals surface area contributed by atoms with Crippen LogP contribution in [0.2, 0.25) is 5.15 Å². The van der Waals surface area contributed by atoms with Gasteiger partial charge in [0.05, 0.1) is 11.8 Å². The number of benzene rings is 1. The van der Waals surface area contributed by atoms with Crippen molar-refractivity contribution in [2.75, 3.05) is 0 Å². The van der Waals surface area contributed by atoms with Gasteiger partial charge < -0.3 is 4.74 Å². The first-order valence-corrected chi connectivity index (χ1v) is 7.14. The van der Waals surface area contributed by atoms with Crippen LogP contribution in [0.1, 0.15) is 6.92 Å². The predicted molar refractivity (Wildman–Crippen MR) is 86.8 cm³/mol. The van der Waals surface area contributed by atoms with E-state index in [0.717, 1.165) is 10.8 Å². The van der Waals surface area contributed by atoms with E-state index in [2.05, 4.69) is 16.0 Å². The van der Waals surface area contributed by atoms with Crippen molar-refractivity contribution in [3.63, 3.8) is 0 Å². The third kappa shape index (κ3) is 2.85. The number of hydrogen-bond acceptors (Lipinski definition) is 4. The van der Waals surface area contributed by atoms with Gasteiger partial charge in [-0.1, -0.05) is 48.9 Å². The molecule has 1 aliphatic heterocycles. The smallest absolute Gasteiger partial charge is 0.215 e. The highest BCUT2D eigenvalue weighted by atomic mass is 35.5. The summed E-state index contributed by atoms with van der Waals surface area (Å²) in [6.45, 7) is 1.97. The van der Waals surface area contributed by atoms with Gasteiger partial charge in [0.25, 0.3) is 0 Å². The van der Waals surface area contributed by atoms with E-state index >= 15 is 0 Å². The number of aliphatic imine (C=N–C) groups is 1. The van der Waals surface area contributed by atoms with E-state index < -0.39 is 0 Å². The molecule has 4 nitrogen and oxygen atoms in total. The number of ether oxygens (including phenoxy) is 1. The van der Waals surface area contributed by atoms with E-state index in [4.69, 9.17) is 21.6 Å². The van der Waals surface area contributed by atoms with Crippen LogP contribution in [0.15, 0.2) is 59.1 Å². The third-order valence-electron chi connectivity index (χ3n) is 3.23. The van der Waals surface area contributed by atoms with Crippen LogP contribution < -0.4 is 4.74 Å². The largest absolute Gasteiger partial charge is 0.437 e. The van der Waals surface area contributed by atoms with E-state index in [9.17, 15) is 0 Å². The van der Waals surface area contributed by atoms with Gasteiger partial charge in [-0.3, -0.25) is 0 Å². The molecule has 0 radical (unpaired) electrons. The van der Waals surface area contributed by atoms with Gasteiger partial charge in [0.1, 0.15) is 11.2 Å². The van der Waals surface area contributed by atoms with Gasteiger partial charge in [-0.05, 0) is 12.0 Å². The monoisotopic (exact) mass is 309 g/mol. The number of rotatable bonds is 2. The lowest BCUT2D eigenvalue weighted by atomic mass is 10.1. The number of nitrogens with zero attached hydrogens (tertiary/aromatic N) is 3. The fraction of sp³-hybridized carbons (Fsp3) is 0.118. The first kappa shape index (κ1) is 14.3. The van der Waals surface area contributed by atoms with Crippen LogP contribution in [0.3, 0.4) is 0 Å². The van der Waals surface area contributed by atoms with Crippen LogP contribution in [0, 0.1) is 17.2 Å². The zero-order chi connectivity index (χ0) is 15.5. The van der Waals surface area contributed by atoms with Crippen molar-refractivity contribution in [1.29, 1.82) is 5.26 Å². The highest BCUT2D eigenvalue weighted by molar-refractivity contribution is 6.34. The van der Waals surface area contributed by atoms with Crippen molar-refractivity contribution in [2.45, 2.75) is 6.92 Å². The lowest BCUT2D eigenvalue weighted by Crippen LogP contribution is -1.96. The van der Waals surface area contributed by atoms with E-state index in [1.165, 1.54) is 6.21 Å². The number of aromatic nitrogens is 1. The second kappa shape index (κ2) is 6.00. The Kier molecular flexibility index (Phi) is 3.90. The van der Waals surface area contributed by atoms with E-state index in [1.807, 2.05) is 43.3 Å². The van der Waals surface area contributed by atoms with E-state index in [-0.39, 0.29) is 5.92 Å². The number of allylic oxidation sites excluding steroid dienone is 3. The first-order valence-electron chi connectivity index (χ1n) is 6.76. The molecule has 1 aromatic carbocycles. The average Bonchev–Trinajstić information content (AvgIpc) is 2.71. The number of halogens is 1. The fourth-order valence-electron chi connectivity index (χ4n) is 2.23. The fourth-order valence-corrected chi connectivity index (χ4v) is 2.44. The van der Waals surface area contributed by atoms with Gasteiger partial charge in [-0.2, -0.15) is 5.26 Å². The van der Waals surface area contributed by atoms with Crippen LogP contribution in [0.25, 0.3) is 10.8 Å². The SMILES string of the molecule is CC1C=C(C#N)C=NC(Oc2cnc(Cl)c3ccccc23)=C1. The second-order valence-corrected chi connectivity index (χ2v) is 5.27. The summed E-state index contributed by atoms with van der Waals surface area (Å²) in [7, 11) is 0. The molecule has 1 unspecified atom stereocenters. The van der Waals surface area contributed by atoms with E-state index in [1.54, 1.807) is 6.20 Å². The van der Waals surface area contributed by atoms with Crippen molar-refractivity contribution in [1.82, 2.24) is 4.98 Å². The van der Waals surface area contributed by atoms with Gasteiger partial charge in [-0.15, -0.1) is 0 Å². The summed E-state index contributed by atoms with van der Waals surface area (Å²) in [4.78, 5) is 8.36. The van der Waals surface area contributed by atoms with Gasteiger partial charge in [0.2, 0.25) is 5.88 Å². The highest BCUT2D eigenvalue weighted by Crippen LogP contribution is 2.30. The van der Waals surface area contributed by atoms with Crippen LogP contribution in [0.5, 0.6) is 5.75 Å². The number of pyridine rings is 1. The lowest BCUT2D eigenvalue weighted by Gasteiger charge is -2.09. The summed E-state index contributed by atoms with van der Waals surface area (Å²) in [6, 6.07) is 9.70. The average molecular weight is 310 g/mol. The summed E-state index contributed by atoms with van der Waals surface area (Å²) in [6.07, 6.45) is 6.76. The summed E-state index contributed by atoms with van der Waals surface area (Å²) in [5, 5.41) is 11.1. The highest BCUT2D eigenvalue weighted by Gasteiger charge is 2.11. The minimum absolute atomic E-state index is 0.0543. The summed E-state index contributed by atoms with van der Waals surface area (Å²) in [5.41, 5.74) is 0.515.